The second-order valence-electron chi connectivity index (χ2n) is 38.4. The fourth-order valence-corrected chi connectivity index (χ4v) is 15.2. The van der Waals surface area contributed by atoms with Crippen molar-refractivity contribution < 1.29 is 30.3 Å². The van der Waals surface area contributed by atoms with Gasteiger partial charge < -0.3 is 40.9 Å². The van der Waals surface area contributed by atoms with Gasteiger partial charge in [-0.3, -0.25) is 19.9 Å². The van der Waals surface area contributed by atoms with Crippen molar-refractivity contribution >= 4 is 29.5 Å². The zero-order valence-corrected chi connectivity index (χ0v) is 77.8. The standard InChI is InChI=1S/C24H33NO.C20H28N2.C20H33NO.C17H21NO2.C13H12N4O.C13H11NO/c1-15-10-16(2)21(17(3)11-15)25-14-18-12-19(23(4,5)6)13-20(22(18)26)24(7,8)9;1-19(2,3)15-20(4,5)21-14-17-12-9-13-18(22-17)16-10-7-6-8-11-16;1-19(2,3)16-12-15(14-21-10-8-7-9-11-21)18(22)17(13-16)20(4,5)6;1-11-7-12(2)17(13(3)8-11)18-10-14-9-15(20-4)5-6-16(14)19;18-12-6-2-1-5-11(12)13(16-9-3-7-14-16)17-10-4-8-15-17;15-13-9-5-4-6-11(13)10-14-12-7-2-1-3-8-12/h10-14,26H,1-9H3;6-13,21H,14-15H2,1-5H3;12-13,22H,7-11,14H2,1-6H3;5-9,18-19H,10H2,1-4H3;1-10,13,18H;1-10,15H. The van der Waals surface area contributed by atoms with E-state index in [4.69, 9.17) is 14.7 Å². The Balaban J connectivity index is 0.000000184. The molecule has 123 heavy (non-hydrogen) atoms. The molecule has 0 radical (unpaired) electrons. The highest BCUT2D eigenvalue weighted by Gasteiger charge is 2.29. The minimum Gasteiger partial charge on any atom is -0.508 e. The van der Waals surface area contributed by atoms with Gasteiger partial charge in [-0.25, -0.2) is 9.36 Å². The van der Waals surface area contributed by atoms with Gasteiger partial charge >= 0.3 is 0 Å². The summed E-state index contributed by atoms with van der Waals surface area (Å²) in [6.07, 6.45) is 15.3. The molecule has 1 fully saturated rings. The molecule has 0 atom stereocenters. The molecule has 13 rings (SSSR count). The maximum atomic E-state index is 10.9. The molecule has 0 aliphatic carbocycles. The van der Waals surface area contributed by atoms with Crippen LogP contribution in [0.3, 0.4) is 0 Å². The lowest BCUT2D eigenvalue weighted by atomic mass is 9.79. The normalized spacial score (nSPS) is 12.7. The van der Waals surface area contributed by atoms with Crippen LogP contribution in [0.5, 0.6) is 34.5 Å². The van der Waals surface area contributed by atoms with Crippen LogP contribution in [0.2, 0.25) is 0 Å². The molecule has 0 spiro atoms. The van der Waals surface area contributed by atoms with Crippen LogP contribution in [0.25, 0.3) is 11.3 Å². The molecule has 0 bridgehead atoms. The predicted octanol–water partition coefficient (Wildman–Crippen LogP) is 25.7. The summed E-state index contributed by atoms with van der Waals surface area (Å²) >= 11 is 0. The second-order valence-corrected chi connectivity index (χ2v) is 38.4. The molecule has 4 heterocycles. The van der Waals surface area contributed by atoms with Gasteiger partial charge in [0.1, 0.15) is 34.5 Å². The van der Waals surface area contributed by atoms with E-state index < -0.39 is 0 Å². The van der Waals surface area contributed by atoms with Gasteiger partial charge in [-0.15, -0.1) is 0 Å². The van der Waals surface area contributed by atoms with E-state index >= 15 is 0 Å². The number of aromatic hydroxyl groups is 5. The summed E-state index contributed by atoms with van der Waals surface area (Å²) in [6.45, 7) is 54.7. The van der Waals surface area contributed by atoms with Crippen LogP contribution in [-0.2, 0) is 41.3 Å². The molecule has 16 nitrogen and oxygen atoms in total. The number of anilines is 1. The number of benzene rings is 9. The number of rotatable bonds is 18. The molecule has 16 heteroatoms. The zero-order valence-electron chi connectivity index (χ0n) is 77.8. The maximum absolute atomic E-state index is 10.9. The SMILES string of the molecule is CC(C)(C)CC(C)(C)NCc1cccc(-c2ccccc2)n1.CC(C)(C)c1cc(CN2CCCCC2)c(O)c(C(C)(C)C)c1.COc1ccc(O)c(CNc2c(C)cc(C)cc2C)c1.Cc1cc(C)c(N=Cc2cc(C(C)(C)C)cc(C(C)(C)C)c2O)c(C)c1.Oc1ccccc1C(n1cccn1)n1cccn1.Oc1ccccc1C=Nc1ccccc1. The van der Waals surface area contributed by atoms with Crippen LogP contribution < -0.4 is 15.4 Å². The number of hydrogen-bond acceptors (Lipinski definition) is 14. The highest BCUT2D eigenvalue weighted by atomic mass is 16.5. The van der Waals surface area contributed by atoms with E-state index in [1.54, 1.807) is 71.5 Å². The van der Waals surface area contributed by atoms with Crippen LogP contribution in [0.4, 0.5) is 17.1 Å². The maximum Gasteiger partial charge on any atom is 0.172 e. The number of aryl methyl sites for hydroxylation is 6. The van der Waals surface area contributed by atoms with Crippen molar-refractivity contribution in [1.82, 2.24) is 34.8 Å². The minimum absolute atomic E-state index is 0.00593. The Hall–Kier alpha value is -11.6. The van der Waals surface area contributed by atoms with E-state index in [2.05, 4.69) is 269 Å². The lowest BCUT2D eigenvalue weighted by Gasteiger charge is -2.33. The van der Waals surface area contributed by atoms with E-state index in [9.17, 15) is 25.5 Å². The van der Waals surface area contributed by atoms with Crippen LogP contribution in [0, 0.1) is 47.0 Å². The molecule has 9 aromatic carbocycles. The van der Waals surface area contributed by atoms with E-state index in [0.29, 0.717) is 23.5 Å². The fourth-order valence-electron chi connectivity index (χ4n) is 15.2. The van der Waals surface area contributed by atoms with Gasteiger partial charge in [-0.1, -0.05) is 249 Å². The number of nitrogens with one attached hydrogen (secondary N) is 2. The number of aliphatic imine (C=N–C) groups is 2. The quantitative estimate of drug-likeness (QED) is 0.0400. The summed E-state index contributed by atoms with van der Waals surface area (Å²) in [6, 6.07) is 66.7. The van der Waals surface area contributed by atoms with Crippen molar-refractivity contribution in [2.45, 2.75) is 238 Å². The van der Waals surface area contributed by atoms with Crippen molar-refractivity contribution in [1.29, 1.82) is 0 Å². The number of phenolic OH excluding ortho intramolecular Hbond substituents is 5. The first-order valence-corrected chi connectivity index (χ1v) is 43.0. The first kappa shape index (κ1) is 96.9. The molecule has 1 saturated heterocycles. The molecule has 1 aliphatic rings. The summed E-state index contributed by atoms with van der Waals surface area (Å²) in [5.41, 5.74) is 22.6. The van der Waals surface area contributed by atoms with Gasteiger partial charge in [-0.2, -0.15) is 10.2 Å². The van der Waals surface area contributed by atoms with E-state index in [1.165, 1.54) is 58.2 Å². The lowest BCUT2D eigenvalue weighted by molar-refractivity contribution is 0.218. The van der Waals surface area contributed by atoms with Gasteiger partial charge in [0.25, 0.3) is 0 Å². The summed E-state index contributed by atoms with van der Waals surface area (Å²) < 4.78 is 8.69. The molecule has 652 valence electrons. The monoisotopic (exact) mass is 1660 g/mol. The van der Waals surface area contributed by atoms with E-state index in [1.807, 2.05) is 110 Å². The number of para-hydroxylation sites is 3. The number of piperidine rings is 1. The average molecular weight is 1660 g/mol. The summed E-state index contributed by atoms with van der Waals surface area (Å²) in [5, 5.41) is 66.6. The third kappa shape index (κ3) is 29.9. The number of nitrogens with zero attached hydrogens (tertiary/aromatic N) is 8. The second kappa shape index (κ2) is 43.4. The summed E-state index contributed by atoms with van der Waals surface area (Å²) in [4.78, 5) is 16.3. The van der Waals surface area contributed by atoms with Crippen molar-refractivity contribution in [2.75, 3.05) is 25.5 Å². The van der Waals surface area contributed by atoms with Gasteiger partial charge in [0.15, 0.2) is 6.17 Å². The molecule has 0 saturated carbocycles. The summed E-state index contributed by atoms with van der Waals surface area (Å²) in [7, 11) is 1.62. The highest BCUT2D eigenvalue weighted by Crippen LogP contribution is 2.41. The number of methoxy groups -OCH3 is 1. The molecule has 3 aromatic heterocycles. The third-order valence-corrected chi connectivity index (χ3v) is 21.3. The fraction of sp³-hybridized carbons (Fsp3) is 0.374. The lowest BCUT2D eigenvalue weighted by Crippen LogP contribution is -2.42. The van der Waals surface area contributed by atoms with Crippen molar-refractivity contribution in [2.24, 2.45) is 15.4 Å². The molecular formula is C107H138N10O6. The number of ether oxygens (including phenoxy) is 1. The summed E-state index contributed by atoms with van der Waals surface area (Å²) in [5.74, 6) is 2.34. The number of aromatic nitrogens is 5. The Kier molecular flexibility index (Phi) is 34.2. The first-order valence-electron chi connectivity index (χ1n) is 43.0. The van der Waals surface area contributed by atoms with Gasteiger partial charge in [0, 0.05) is 107 Å². The topological polar surface area (TPSA) is 211 Å². The molecule has 0 amide bonds. The Labute approximate surface area is 735 Å². The van der Waals surface area contributed by atoms with Gasteiger partial charge in [0.05, 0.1) is 29.9 Å². The number of likely N-dealkylation sites (tertiary alicyclic amines) is 1. The Morgan fingerprint density at radius 1 is 0.463 bits per heavy atom. The highest BCUT2D eigenvalue weighted by molar-refractivity contribution is 5.88. The third-order valence-electron chi connectivity index (χ3n) is 21.3. The van der Waals surface area contributed by atoms with Crippen LogP contribution >= 0.6 is 0 Å². The molecule has 1 aliphatic heterocycles. The zero-order chi connectivity index (χ0) is 90.2. The Morgan fingerprint density at radius 3 is 1.51 bits per heavy atom. The number of pyridine rings is 1. The van der Waals surface area contributed by atoms with Gasteiger partial charge in [0.2, 0.25) is 0 Å². The molecule has 7 N–H and O–H groups in total. The smallest absolute Gasteiger partial charge is 0.172 e. The van der Waals surface area contributed by atoms with Crippen LogP contribution in [-0.4, -0.2) is 93.1 Å². The Bertz CT molecular complexity index is 5300. The predicted molar refractivity (Wildman–Crippen MR) is 513 cm³/mol. The average Bonchev–Trinajstić information content (AvgIpc) is 1.60. The van der Waals surface area contributed by atoms with E-state index in [0.717, 1.165) is 117 Å². The van der Waals surface area contributed by atoms with Crippen LogP contribution in [0.1, 0.15) is 239 Å². The van der Waals surface area contributed by atoms with Gasteiger partial charge in [-0.05, 0) is 233 Å². The molecule has 12 aromatic rings. The largest absolute Gasteiger partial charge is 0.508 e. The Morgan fingerprint density at radius 2 is 0.984 bits per heavy atom. The number of hydrogen-bond donors (Lipinski definition) is 7. The van der Waals surface area contributed by atoms with Crippen LogP contribution in [0.15, 0.2) is 241 Å². The molecule has 0 unspecified atom stereocenters. The minimum atomic E-state index is -0.281. The van der Waals surface area contributed by atoms with Crippen molar-refractivity contribution in [3.8, 4) is 45.8 Å². The van der Waals surface area contributed by atoms with Crippen molar-refractivity contribution in [3.63, 3.8) is 0 Å². The first-order chi connectivity index (χ1) is 57.9. The molecular weight excluding hydrogens is 1520 g/mol. The number of phenols is 5. The van der Waals surface area contributed by atoms with Crippen molar-refractivity contribution in [3.05, 3.63) is 320 Å². The van der Waals surface area contributed by atoms with E-state index in [-0.39, 0.29) is 50.6 Å².